The molecule has 1 heterocycles. The second-order valence-electron chi connectivity index (χ2n) is 3.31. The van der Waals surface area contributed by atoms with Gasteiger partial charge < -0.3 is 4.90 Å². The lowest BCUT2D eigenvalue weighted by Crippen LogP contribution is -2.49. The van der Waals surface area contributed by atoms with Gasteiger partial charge in [0, 0.05) is 14.1 Å². The first-order valence-corrected chi connectivity index (χ1v) is 4.53. The highest BCUT2D eigenvalue weighted by molar-refractivity contribution is 6.01. The normalized spacial score (nSPS) is 15.7. The van der Waals surface area contributed by atoms with Crippen molar-refractivity contribution in [3.05, 3.63) is 29.8 Å². The van der Waals surface area contributed by atoms with Gasteiger partial charge in [0.1, 0.15) is 6.67 Å². The van der Waals surface area contributed by atoms with Gasteiger partial charge in [-0.25, -0.2) is 5.43 Å². The third kappa shape index (κ3) is 1.24. The summed E-state index contributed by atoms with van der Waals surface area (Å²) in [7, 11) is 3.64. The van der Waals surface area contributed by atoms with Gasteiger partial charge >= 0.3 is 0 Å². The Kier molecular flexibility index (Phi) is 2.13. The molecule has 74 valence electrons. The van der Waals surface area contributed by atoms with Crippen LogP contribution < -0.4 is 10.4 Å². The van der Waals surface area contributed by atoms with E-state index >= 15 is 0 Å². The summed E-state index contributed by atoms with van der Waals surface area (Å²) in [5.74, 6) is 0.0760. The van der Waals surface area contributed by atoms with Gasteiger partial charge in [-0.2, -0.15) is 0 Å². The number of hydrogen-bond donors (Lipinski definition) is 1. The van der Waals surface area contributed by atoms with Crippen molar-refractivity contribution in [1.29, 1.82) is 0 Å². The Hall–Kier alpha value is -1.55. The zero-order valence-electron chi connectivity index (χ0n) is 8.32. The van der Waals surface area contributed by atoms with Gasteiger partial charge in [0.2, 0.25) is 0 Å². The molecule has 14 heavy (non-hydrogen) atoms. The number of anilines is 1. The number of rotatable bonds is 1. The molecule has 1 aliphatic rings. The fraction of sp³-hybridized carbons (Fsp3) is 0.300. The molecule has 0 radical (unpaired) electrons. The van der Waals surface area contributed by atoms with Crippen LogP contribution in [0, 0.1) is 0 Å². The summed E-state index contributed by atoms with van der Waals surface area (Å²) in [6.07, 6.45) is 0. The van der Waals surface area contributed by atoms with Crippen molar-refractivity contribution in [2.24, 2.45) is 0 Å². The Morgan fingerprint density at radius 2 is 2.07 bits per heavy atom. The molecule has 0 aliphatic carbocycles. The standard InChI is InChI=1S/C10H13N3O/c1-11-13-7-12(2)10(14)8-5-3-4-6-9(8)13/h3-6,11H,7H2,1-2H3. The molecule has 4 heteroatoms. The van der Waals surface area contributed by atoms with Crippen LogP contribution in [-0.4, -0.2) is 31.6 Å². The van der Waals surface area contributed by atoms with E-state index in [1.165, 1.54) is 0 Å². The van der Waals surface area contributed by atoms with E-state index in [1.807, 2.05) is 36.3 Å². The van der Waals surface area contributed by atoms with Gasteiger partial charge in [0.25, 0.3) is 5.91 Å². The van der Waals surface area contributed by atoms with E-state index in [0.29, 0.717) is 6.67 Å². The number of nitrogens with zero attached hydrogens (tertiary/aromatic N) is 2. The smallest absolute Gasteiger partial charge is 0.257 e. The van der Waals surface area contributed by atoms with Gasteiger partial charge in [-0.05, 0) is 12.1 Å². The first-order chi connectivity index (χ1) is 6.74. The lowest BCUT2D eigenvalue weighted by molar-refractivity contribution is 0.0778. The predicted octanol–water partition coefficient (Wildman–Crippen LogP) is 0.670. The summed E-state index contributed by atoms with van der Waals surface area (Å²) in [6, 6.07) is 7.60. The summed E-state index contributed by atoms with van der Waals surface area (Å²) in [5.41, 5.74) is 4.74. The van der Waals surface area contributed by atoms with Crippen LogP contribution in [0.4, 0.5) is 5.69 Å². The molecule has 0 fully saturated rings. The van der Waals surface area contributed by atoms with Crippen LogP contribution in [0.25, 0.3) is 0 Å². The van der Waals surface area contributed by atoms with Gasteiger partial charge in [-0.15, -0.1) is 0 Å². The molecule has 0 atom stereocenters. The van der Waals surface area contributed by atoms with E-state index in [4.69, 9.17) is 0 Å². The topological polar surface area (TPSA) is 35.6 Å². The lowest BCUT2D eigenvalue weighted by atomic mass is 10.1. The summed E-state index contributed by atoms with van der Waals surface area (Å²) in [6.45, 7) is 0.576. The van der Waals surface area contributed by atoms with Crippen LogP contribution >= 0.6 is 0 Å². The molecule has 1 aliphatic heterocycles. The number of carbonyl (C=O) groups is 1. The van der Waals surface area contributed by atoms with Crippen molar-refractivity contribution in [2.45, 2.75) is 0 Å². The van der Waals surface area contributed by atoms with Gasteiger partial charge in [-0.1, -0.05) is 12.1 Å². The average molecular weight is 191 g/mol. The Morgan fingerprint density at radius 1 is 1.36 bits per heavy atom. The number of fused-ring (bicyclic) bond motifs is 1. The minimum absolute atomic E-state index is 0.0760. The van der Waals surface area contributed by atoms with Crippen molar-refractivity contribution in [2.75, 3.05) is 25.8 Å². The van der Waals surface area contributed by atoms with Crippen molar-refractivity contribution in [3.8, 4) is 0 Å². The largest absolute Gasteiger partial charge is 0.323 e. The molecule has 0 saturated carbocycles. The molecule has 0 bridgehead atoms. The minimum atomic E-state index is 0.0760. The van der Waals surface area contributed by atoms with Gasteiger partial charge in [-0.3, -0.25) is 9.80 Å². The highest BCUT2D eigenvalue weighted by atomic mass is 16.2. The predicted molar refractivity (Wildman–Crippen MR) is 54.9 cm³/mol. The van der Waals surface area contributed by atoms with Crippen LogP contribution in [0.2, 0.25) is 0 Å². The fourth-order valence-corrected chi connectivity index (χ4v) is 1.64. The van der Waals surface area contributed by atoms with E-state index in [2.05, 4.69) is 5.43 Å². The molecular formula is C10H13N3O. The molecule has 0 aromatic heterocycles. The Morgan fingerprint density at radius 3 is 2.79 bits per heavy atom. The summed E-state index contributed by atoms with van der Waals surface area (Å²) in [5, 5.41) is 1.94. The molecule has 2 rings (SSSR count). The van der Waals surface area contributed by atoms with Crippen LogP contribution in [0.3, 0.4) is 0 Å². The molecule has 1 aromatic rings. The summed E-state index contributed by atoms with van der Waals surface area (Å²) in [4.78, 5) is 13.4. The molecule has 0 spiro atoms. The Bertz CT molecular complexity index is 364. The zero-order valence-corrected chi connectivity index (χ0v) is 8.32. The SMILES string of the molecule is CNN1CN(C)C(=O)c2ccccc21. The maximum atomic E-state index is 11.7. The highest BCUT2D eigenvalue weighted by Crippen LogP contribution is 2.24. The number of para-hydroxylation sites is 1. The Balaban J connectivity index is 2.49. The first-order valence-electron chi connectivity index (χ1n) is 4.53. The molecule has 1 amide bonds. The maximum Gasteiger partial charge on any atom is 0.257 e. The fourth-order valence-electron chi connectivity index (χ4n) is 1.64. The molecule has 1 aromatic carbocycles. The van der Waals surface area contributed by atoms with E-state index in [-0.39, 0.29) is 5.91 Å². The van der Waals surface area contributed by atoms with Gasteiger partial charge in [0.15, 0.2) is 0 Å². The molecule has 1 N–H and O–H groups in total. The van der Waals surface area contributed by atoms with E-state index < -0.39 is 0 Å². The number of benzene rings is 1. The third-order valence-corrected chi connectivity index (χ3v) is 2.40. The molecule has 0 saturated heterocycles. The van der Waals surface area contributed by atoms with Crippen molar-refractivity contribution >= 4 is 11.6 Å². The van der Waals surface area contributed by atoms with Crippen molar-refractivity contribution in [3.63, 3.8) is 0 Å². The second kappa shape index (κ2) is 3.31. The van der Waals surface area contributed by atoms with Crippen molar-refractivity contribution in [1.82, 2.24) is 10.3 Å². The zero-order chi connectivity index (χ0) is 10.1. The average Bonchev–Trinajstić information content (AvgIpc) is 2.23. The van der Waals surface area contributed by atoms with Crippen molar-refractivity contribution < 1.29 is 4.79 Å². The molecule has 4 nitrogen and oxygen atoms in total. The van der Waals surface area contributed by atoms with E-state index in [1.54, 1.807) is 11.9 Å². The van der Waals surface area contributed by atoms with Crippen LogP contribution in [-0.2, 0) is 0 Å². The van der Waals surface area contributed by atoms with Crippen LogP contribution in [0.1, 0.15) is 10.4 Å². The van der Waals surface area contributed by atoms with E-state index in [9.17, 15) is 4.79 Å². The quantitative estimate of drug-likeness (QED) is 0.708. The second-order valence-corrected chi connectivity index (χ2v) is 3.31. The third-order valence-electron chi connectivity index (χ3n) is 2.40. The summed E-state index contributed by atoms with van der Waals surface area (Å²) >= 11 is 0. The minimum Gasteiger partial charge on any atom is -0.323 e. The summed E-state index contributed by atoms with van der Waals surface area (Å²) < 4.78 is 0. The van der Waals surface area contributed by atoms with E-state index in [0.717, 1.165) is 11.3 Å². The number of amides is 1. The molecular weight excluding hydrogens is 178 g/mol. The first kappa shape index (κ1) is 9.02. The van der Waals surface area contributed by atoms with Crippen LogP contribution in [0.15, 0.2) is 24.3 Å². The Labute approximate surface area is 83.1 Å². The monoisotopic (exact) mass is 191 g/mol. The van der Waals surface area contributed by atoms with Gasteiger partial charge in [0.05, 0.1) is 11.3 Å². The number of carbonyl (C=O) groups excluding carboxylic acids is 1. The number of hydrogen-bond acceptors (Lipinski definition) is 3. The lowest BCUT2D eigenvalue weighted by Gasteiger charge is -2.35. The maximum absolute atomic E-state index is 11.7. The number of hydrazine groups is 1. The highest BCUT2D eigenvalue weighted by Gasteiger charge is 2.25. The molecule has 0 unspecified atom stereocenters. The van der Waals surface area contributed by atoms with Crippen LogP contribution in [0.5, 0.6) is 0 Å². The number of nitrogens with one attached hydrogen (secondary N) is 1.